The van der Waals surface area contributed by atoms with Gasteiger partial charge in [-0.1, -0.05) is 18.2 Å². The van der Waals surface area contributed by atoms with Gasteiger partial charge in [0.15, 0.2) is 0 Å². The number of aromatic nitrogens is 2. The lowest BCUT2D eigenvalue weighted by atomic mass is 10.2. The number of nitrogens with zero attached hydrogens (tertiary/aromatic N) is 1. The van der Waals surface area contributed by atoms with E-state index in [-0.39, 0.29) is 23.6 Å². The summed E-state index contributed by atoms with van der Waals surface area (Å²) < 4.78 is 13.4. The van der Waals surface area contributed by atoms with Crippen LogP contribution in [-0.4, -0.2) is 22.1 Å². The number of nitrogens with one attached hydrogen (secondary N) is 2. The zero-order valence-corrected chi connectivity index (χ0v) is 12.2. The second-order valence-corrected chi connectivity index (χ2v) is 5.15. The summed E-state index contributed by atoms with van der Waals surface area (Å²) in [5.74, 6) is 0.0430. The molecule has 0 fully saturated rings. The molecule has 2 rings (SSSR count). The fourth-order valence-electron chi connectivity index (χ4n) is 1.74. The minimum atomic E-state index is -0.508. The highest BCUT2D eigenvalue weighted by Gasteiger charge is 2.11. The number of halogens is 1. The summed E-state index contributed by atoms with van der Waals surface area (Å²) in [5, 5.41) is 2.55. The minimum absolute atomic E-state index is 0.0270. The predicted octanol–water partition coefficient (Wildman–Crippen LogP) is 1.70. The van der Waals surface area contributed by atoms with Crippen LogP contribution in [0.25, 0.3) is 0 Å². The summed E-state index contributed by atoms with van der Waals surface area (Å²) >= 11 is 1.48. The Morgan fingerprint density at radius 3 is 2.90 bits per heavy atom. The average molecular weight is 307 g/mol. The zero-order chi connectivity index (χ0) is 15.2. The molecule has 2 N–H and O–H groups in total. The molecular formula is C14H14FN3O2S. The molecule has 1 heterocycles. The predicted molar refractivity (Wildman–Crippen MR) is 79.6 cm³/mol. The van der Waals surface area contributed by atoms with Crippen LogP contribution < -0.4 is 10.9 Å². The summed E-state index contributed by atoms with van der Waals surface area (Å²) in [4.78, 5) is 30.1. The summed E-state index contributed by atoms with van der Waals surface area (Å²) in [5.41, 5.74) is 0.0178. The topological polar surface area (TPSA) is 74.8 Å². The largest absolute Gasteiger partial charge is 0.347 e. The van der Waals surface area contributed by atoms with Crippen molar-refractivity contribution in [1.82, 2.24) is 15.3 Å². The molecular weight excluding hydrogens is 293 g/mol. The van der Waals surface area contributed by atoms with Gasteiger partial charge < -0.3 is 10.3 Å². The van der Waals surface area contributed by atoms with Gasteiger partial charge in [-0.25, -0.2) is 9.37 Å². The third-order valence-corrected chi connectivity index (χ3v) is 3.26. The number of carbonyl (C=O) groups is 1. The molecule has 0 atom stereocenters. The highest BCUT2D eigenvalue weighted by Crippen LogP contribution is 2.06. The van der Waals surface area contributed by atoms with E-state index in [0.717, 1.165) is 6.07 Å². The fourth-order valence-corrected chi connectivity index (χ4v) is 2.15. The Balaban J connectivity index is 2.10. The van der Waals surface area contributed by atoms with E-state index < -0.39 is 5.91 Å². The van der Waals surface area contributed by atoms with E-state index in [0.29, 0.717) is 17.1 Å². The Bertz CT molecular complexity index is 703. The first-order chi connectivity index (χ1) is 10.1. The van der Waals surface area contributed by atoms with Crippen molar-refractivity contribution in [3.8, 4) is 0 Å². The maximum atomic E-state index is 13.4. The lowest BCUT2D eigenvalue weighted by Gasteiger charge is -2.06. The molecule has 0 aliphatic heterocycles. The highest BCUT2D eigenvalue weighted by atomic mass is 32.2. The van der Waals surface area contributed by atoms with Crippen molar-refractivity contribution in [2.24, 2.45) is 0 Å². The first-order valence-corrected chi connectivity index (χ1v) is 7.60. The molecule has 0 radical (unpaired) electrons. The van der Waals surface area contributed by atoms with Crippen LogP contribution in [0.2, 0.25) is 0 Å². The maximum absolute atomic E-state index is 13.4. The van der Waals surface area contributed by atoms with Crippen molar-refractivity contribution in [3.05, 3.63) is 63.6 Å². The van der Waals surface area contributed by atoms with Crippen molar-refractivity contribution < 1.29 is 9.18 Å². The zero-order valence-electron chi connectivity index (χ0n) is 11.4. The molecule has 110 valence electrons. The van der Waals surface area contributed by atoms with Gasteiger partial charge in [0, 0.05) is 18.2 Å². The van der Waals surface area contributed by atoms with Gasteiger partial charge >= 0.3 is 0 Å². The first-order valence-electron chi connectivity index (χ1n) is 6.21. The second kappa shape index (κ2) is 7.03. The van der Waals surface area contributed by atoms with Crippen LogP contribution in [0.3, 0.4) is 0 Å². The number of aromatic amines is 1. The van der Waals surface area contributed by atoms with E-state index in [2.05, 4.69) is 15.3 Å². The normalized spacial score (nSPS) is 10.4. The fraction of sp³-hybridized carbons (Fsp3) is 0.214. The molecule has 0 bridgehead atoms. The SMILES string of the molecule is CSCc1nc(C(=O)NCc2ccccc2F)cc(=O)[nH]1. The number of H-pyrrole nitrogens is 1. The number of benzene rings is 1. The van der Waals surface area contributed by atoms with Gasteiger partial charge in [-0.3, -0.25) is 9.59 Å². The van der Waals surface area contributed by atoms with Crippen LogP contribution >= 0.6 is 11.8 Å². The van der Waals surface area contributed by atoms with Gasteiger partial charge in [0.1, 0.15) is 17.3 Å². The molecule has 0 aliphatic rings. The van der Waals surface area contributed by atoms with Crippen LogP contribution in [0.4, 0.5) is 4.39 Å². The summed E-state index contributed by atoms with van der Waals surface area (Å²) in [6.45, 7) is 0.0395. The van der Waals surface area contributed by atoms with Crippen molar-refractivity contribution in [3.63, 3.8) is 0 Å². The van der Waals surface area contributed by atoms with E-state index in [4.69, 9.17) is 0 Å². The number of hydrogen-bond acceptors (Lipinski definition) is 4. The van der Waals surface area contributed by atoms with Gasteiger partial charge in [0.2, 0.25) is 0 Å². The highest BCUT2D eigenvalue weighted by molar-refractivity contribution is 7.97. The first kappa shape index (κ1) is 15.2. The average Bonchev–Trinajstić information content (AvgIpc) is 2.46. The Labute approximate surface area is 125 Å². The molecule has 1 aromatic carbocycles. The molecule has 21 heavy (non-hydrogen) atoms. The number of rotatable bonds is 5. The minimum Gasteiger partial charge on any atom is -0.347 e. The van der Waals surface area contributed by atoms with Crippen molar-refractivity contribution in [1.29, 1.82) is 0 Å². The number of thioether (sulfide) groups is 1. The van der Waals surface area contributed by atoms with Crippen molar-refractivity contribution >= 4 is 17.7 Å². The number of amides is 1. The van der Waals surface area contributed by atoms with Crippen LogP contribution in [0.5, 0.6) is 0 Å². The van der Waals surface area contributed by atoms with E-state index in [9.17, 15) is 14.0 Å². The molecule has 0 aliphatic carbocycles. The molecule has 1 amide bonds. The smallest absolute Gasteiger partial charge is 0.270 e. The lowest BCUT2D eigenvalue weighted by Crippen LogP contribution is -2.27. The lowest BCUT2D eigenvalue weighted by molar-refractivity contribution is 0.0945. The van der Waals surface area contributed by atoms with Crippen LogP contribution in [0.1, 0.15) is 21.9 Å². The van der Waals surface area contributed by atoms with E-state index in [1.807, 2.05) is 6.26 Å². The van der Waals surface area contributed by atoms with Gasteiger partial charge in [-0.15, -0.1) is 0 Å². The van der Waals surface area contributed by atoms with Crippen molar-refractivity contribution in [2.45, 2.75) is 12.3 Å². The summed E-state index contributed by atoms with van der Waals surface area (Å²) in [7, 11) is 0. The van der Waals surface area contributed by atoms with Crippen LogP contribution in [-0.2, 0) is 12.3 Å². The van der Waals surface area contributed by atoms with Gasteiger partial charge in [0.25, 0.3) is 11.5 Å². The number of carbonyl (C=O) groups excluding carboxylic acids is 1. The molecule has 1 aromatic heterocycles. The summed E-state index contributed by atoms with van der Waals surface area (Å²) in [6, 6.07) is 7.30. The van der Waals surface area contributed by atoms with Gasteiger partial charge in [-0.05, 0) is 12.3 Å². The third kappa shape index (κ3) is 4.16. The van der Waals surface area contributed by atoms with Crippen LogP contribution in [0, 0.1) is 5.82 Å². The Morgan fingerprint density at radius 1 is 1.43 bits per heavy atom. The Hall–Kier alpha value is -2.15. The second-order valence-electron chi connectivity index (χ2n) is 4.28. The maximum Gasteiger partial charge on any atom is 0.270 e. The molecule has 2 aromatic rings. The Kier molecular flexibility index (Phi) is 5.10. The summed E-state index contributed by atoms with van der Waals surface area (Å²) in [6.07, 6.45) is 1.87. The molecule has 0 spiro atoms. The Morgan fingerprint density at radius 2 is 2.19 bits per heavy atom. The molecule has 5 nitrogen and oxygen atoms in total. The molecule has 0 saturated carbocycles. The monoisotopic (exact) mass is 307 g/mol. The van der Waals surface area contributed by atoms with Gasteiger partial charge in [-0.2, -0.15) is 11.8 Å². The van der Waals surface area contributed by atoms with E-state index >= 15 is 0 Å². The number of hydrogen-bond donors (Lipinski definition) is 2. The van der Waals surface area contributed by atoms with E-state index in [1.165, 1.54) is 17.8 Å². The molecule has 7 heteroatoms. The van der Waals surface area contributed by atoms with Crippen LogP contribution in [0.15, 0.2) is 35.1 Å². The quantitative estimate of drug-likeness (QED) is 0.881. The molecule has 0 unspecified atom stereocenters. The van der Waals surface area contributed by atoms with Gasteiger partial charge in [0.05, 0.1) is 5.75 Å². The third-order valence-electron chi connectivity index (χ3n) is 2.70. The standard InChI is InChI=1S/C14H14FN3O2S/c1-21-8-12-17-11(6-13(19)18-12)14(20)16-7-9-4-2-3-5-10(9)15/h2-6H,7-8H2,1H3,(H,16,20)(H,17,18,19). The molecule has 0 saturated heterocycles. The van der Waals surface area contributed by atoms with E-state index in [1.54, 1.807) is 18.2 Å². The van der Waals surface area contributed by atoms with Crippen molar-refractivity contribution in [2.75, 3.05) is 6.26 Å².